The van der Waals surface area contributed by atoms with Crippen LogP contribution in [0, 0.1) is 6.92 Å². The number of ketones is 1. The molecule has 2 amide bonds. The Balaban J connectivity index is 1.81. The maximum Gasteiger partial charge on any atom is 0.326 e. The lowest BCUT2D eigenvalue weighted by atomic mass is 10.1. The number of amides is 2. The number of carbonyl (C=O) groups is 4. The molecule has 146 valence electrons. The summed E-state index contributed by atoms with van der Waals surface area (Å²) in [6.45, 7) is 4.39. The van der Waals surface area contributed by atoms with Gasteiger partial charge in [-0.15, -0.1) is 0 Å². The van der Waals surface area contributed by atoms with E-state index >= 15 is 0 Å². The fourth-order valence-corrected chi connectivity index (χ4v) is 2.37. The Morgan fingerprint density at radius 1 is 1.00 bits per heavy atom. The van der Waals surface area contributed by atoms with Crippen molar-refractivity contribution in [2.75, 3.05) is 11.9 Å². The highest BCUT2D eigenvalue weighted by Crippen LogP contribution is 2.11. The third kappa shape index (κ3) is 6.05. The third-order valence-electron chi connectivity index (χ3n) is 3.91. The second kappa shape index (κ2) is 9.45. The summed E-state index contributed by atoms with van der Waals surface area (Å²) in [7, 11) is 0. The Morgan fingerprint density at radius 3 is 2.29 bits per heavy atom. The number of Topliss-reactive ketones (excluding diaryl/α,β-unsaturated/α-hetero) is 1. The molecule has 28 heavy (non-hydrogen) atoms. The average Bonchev–Trinajstić information content (AvgIpc) is 2.66. The molecule has 0 spiro atoms. The lowest BCUT2D eigenvalue weighted by Gasteiger charge is -2.14. The number of anilines is 1. The summed E-state index contributed by atoms with van der Waals surface area (Å²) < 4.78 is 5.04. The van der Waals surface area contributed by atoms with E-state index in [-0.39, 0.29) is 12.3 Å². The van der Waals surface area contributed by atoms with Gasteiger partial charge in [0.05, 0.1) is 0 Å². The van der Waals surface area contributed by atoms with Crippen molar-refractivity contribution >= 4 is 29.3 Å². The summed E-state index contributed by atoms with van der Waals surface area (Å²) in [6.07, 6.45) is -1.05. The van der Waals surface area contributed by atoms with E-state index in [0.29, 0.717) is 16.8 Å². The number of ether oxygens (including phenoxy) is 1. The first-order chi connectivity index (χ1) is 13.3. The van der Waals surface area contributed by atoms with Crippen molar-refractivity contribution in [2.24, 2.45) is 0 Å². The van der Waals surface area contributed by atoms with Gasteiger partial charge in [0.25, 0.3) is 11.8 Å². The van der Waals surface area contributed by atoms with Crippen LogP contribution in [-0.4, -0.2) is 36.2 Å². The number of hydrogen-bond donors (Lipinski definition) is 2. The summed E-state index contributed by atoms with van der Waals surface area (Å²) in [4.78, 5) is 47.3. The van der Waals surface area contributed by atoms with Crippen molar-refractivity contribution in [3.05, 3.63) is 65.2 Å². The molecular formula is C21H22N2O5. The molecule has 2 N–H and O–H groups in total. The zero-order chi connectivity index (χ0) is 20.7. The van der Waals surface area contributed by atoms with Crippen LogP contribution < -0.4 is 10.6 Å². The Morgan fingerprint density at radius 2 is 1.68 bits per heavy atom. The number of hydrogen-bond acceptors (Lipinski definition) is 5. The van der Waals surface area contributed by atoms with Gasteiger partial charge < -0.3 is 15.4 Å². The first kappa shape index (κ1) is 20.8. The summed E-state index contributed by atoms with van der Waals surface area (Å²) in [6, 6.07) is 13.3. The van der Waals surface area contributed by atoms with Crippen molar-refractivity contribution in [1.82, 2.24) is 5.32 Å². The Kier molecular flexibility index (Phi) is 7.03. The molecule has 0 aliphatic rings. The molecule has 1 atom stereocenters. The van der Waals surface area contributed by atoms with Gasteiger partial charge in [0.15, 0.2) is 11.9 Å². The van der Waals surface area contributed by atoms with Crippen molar-refractivity contribution < 1.29 is 23.9 Å². The van der Waals surface area contributed by atoms with Crippen molar-refractivity contribution in [3.63, 3.8) is 0 Å². The normalized spacial score (nSPS) is 11.2. The molecule has 2 aromatic carbocycles. The molecule has 0 fully saturated rings. The van der Waals surface area contributed by atoms with Gasteiger partial charge in [0.2, 0.25) is 0 Å². The smallest absolute Gasteiger partial charge is 0.326 e. The van der Waals surface area contributed by atoms with Gasteiger partial charge in [0, 0.05) is 16.8 Å². The zero-order valence-corrected chi connectivity index (χ0v) is 15.9. The molecule has 0 radical (unpaired) electrons. The Hall–Kier alpha value is -3.48. The first-order valence-corrected chi connectivity index (χ1v) is 8.72. The third-order valence-corrected chi connectivity index (χ3v) is 3.91. The fraction of sp³-hybridized carbons (Fsp3) is 0.238. The summed E-state index contributed by atoms with van der Waals surface area (Å²) in [5.74, 6) is -1.72. The van der Waals surface area contributed by atoms with E-state index in [1.54, 1.807) is 42.5 Å². The molecule has 0 heterocycles. The molecule has 0 aliphatic carbocycles. The topological polar surface area (TPSA) is 102 Å². The van der Waals surface area contributed by atoms with Crippen LogP contribution in [0.25, 0.3) is 0 Å². The van der Waals surface area contributed by atoms with E-state index in [0.717, 1.165) is 5.56 Å². The van der Waals surface area contributed by atoms with Gasteiger partial charge >= 0.3 is 5.97 Å². The maximum absolute atomic E-state index is 12.1. The zero-order valence-electron chi connectivity index (χ0n) is 15.9. The van der Waals surface area contributed by atoms with Crippen LogP contribution in [0.3, 0.4) is 0 Å². The van der Waals surface area contributed by atoms with Gasteiger partial charge in [-0.1, -0.05) is 17.7 Å². The minimum absolute atomic E-state index is 0.0760. The second-order valence-corrected chi connectivity index (χ2v) is 6.31. The molecule has 7 nitrogen and oxygen atoms in total. The fourth-order valence-electron chi connectivity index (χ4n) is 2.37. The Labute approximate surface area is 163 Å². The van der Waals surface area contributed by atoms with Gasteiger partial charge in [-0.2, -0.15) is 0 Å². The molecule has 1 unspecified atom stereocenters. The van der Waals surface area contributed by atoms with Crippen LogP contribution in [0.15, 0.2) is 48.5 Å². The lowest BCUT2D eigenvalue weighted by molar-refractivity contribution is -0.152. The summed E-state index contributed by atoms with van der Waals surface area (Å²) in [5, 5.41) is 5.05. The van der Waals surface area contributed by atoms with Crippen LogP contribution in [0.1, 0.15) is 40.1 Å². The number of benzene rings is 2. The quantitative estimate of drug-likeness (QED) is 0.566. The van der Waals surface area contributed by atoms with Gasteiger partial charge in [0.1, 0.15) is 6.54 Å². The standard InChI is InChI=1S/C21H22N2O5/c1-13-5-4-6-17(11-13)21(27)22-12-19(25)28-15(3)20(26)23-18-9-7-16(8-10-18)14(2)24/h4-11,15H,12H2,1-3H3,(H,22,27)(H,23,26). The van der Waals surface area contributed by atoms with Crippen molar-refractivity contribution in [3.8, 4) is 0 Å². The largest absolute Gasteiger partial charge is 0.451 e. The van der Waals surface area contributed by atoms with Crippen molar-refractivity contribution in [1.29, 1.82) is 0 Å². The molecule has 0 aromatic heterocycles. The SMILES string of the molecule is CC(=O)c1ccc(NC(=O)C(C)OC(=O)CNC(=O)c2cccc(C)c2)cc1. The molecule has 0 saturated heterocycles. The minimum Gasteiger partial charge on any atom is -0.451 e. The van der Waals surface area contributed by atoms with Crippen LogP contribution in [-0.2, 0) is 14.3 Å². The van der Waals surface area contributed by atoms with Crippen LogP contribution >= 0.6 is 0 Å². The summed E-state index contributed by atoms with van der Waals surface area (Å²) in [5.41, 5.74) is 2.37. The molecule has 7 heteroatoms. The van der Waals surface area contributed by atoms with E-state index in [4.69, 9.17) is 4.74 Å². The number of rotatable bonds is 7. The first-order valence-electron chi connectivity index (χ1n) is 8.72. The van der Waals surface area contributed by atoms with Crippen LogP contribution in [0.5, 0.6) is 0 Å². The maximum atomic E-state index is 12.1. The minimum atomic E-state index is -1.05. The number of carbonyl (C=O) groups excluding carboxylic acids is 4. The number of nitrogens with one attached hydrogen (secondary N) is 2. The van der Waals surface area contributed by atoms with Gasteiger partial charge in [-0.05, 0) is 57.2 Å². The van der Waals surface area contributed by atoms with E-state index in [2.05, 4.69) is 10.6 Å². The predicted molar refractivity (Wildman–Crippen MR) is 104 cm³/mol. The average molecular weight is 382 g/mol. The lowest BCUT2D eigenvalue weighted by Crippen LogP contribution is -2.35. The highest BCUT2D eigenvalue weighted by Gasteiger charge is 2.18. The van der Waals surface area contributed by atoms with Gasteiger partial charge in [-0.3, -0.25) is 19.2 Å². The highest BCUT2D eigenvalue weighted by atomic mass is 16.5. The molecule has 0 aliphatic heterocycles. The molecular weight excluding hydrogens is 360 g/mol. The monoisotopic (exact) mass is 382 g/mol. The number of esters is 1. The van der Waals surface area contributed by atoms with Gasteiger partial charge in [-0.25, -0.2) is 0 Å². The van der Waals surface area contributed by atoms with Crippen LogP contribution in [0.2, 0.25) is 0 Å². The Bertz CT molecular complexity index is 890. The predicted octanol–water partition coefficient (Wildman–Crippen LogP) is 2.50. The molecule has 2 rings (SSSR count). The highest BCUT2D eigenvalue weighted by molar-refractivity contribution is 5.98. The molecule has 0 saturated carbocycles. The van der Waals surface area contributed by atoms with E-state index < -0.39 is 23.9 Å². The molecule has 0 bridgehead atoms. The second-order valence-electron chi connectivity index (χ2n) is 6.31. The van der Waals surface area contributed by atoms with E-state index in [9.17, 15) is 19.2 Å². The number of aryl methyl sites for hydroxylation is 1. The van der Waals surface area contributed by atoms with Crippen molar-refractivity contribution in [2.45, 2.75) is 26.9 Å². The summed E-state index contributed by atoms with van der Waals surface area (Å²) >= 11 is 0. The molecule has 2 aromatic rings. The van der Waals surface area contributed by atoms with E-state index in [1.807, 2.05) is 13.0 Å². The van der Waals surface area contributed by atoms with Crippen LogP contribution in [0.4, 0.5) is 5.69 Å². The van der Waals surface area contributed by atoms with E-state index in [1.165, 1.54) is 13.8 Å².